The fourth-order valence-electron chi connectivity index (χ4n) is 1.16. The van der Waals surface area contributed by atoms with E-state index in [9.17, 15) is 0 Å². The monoisotopic (exact) mass is 217 g/mol. The van der Waals surface area contributed by atoms with Crippen LogP contribution in [0.2, 0.25) is 0 Å². The Morgan fingerprint density at radius 3 is 3.20 bits per heavy atom. The van der Waals surface area contributed by atoms with E-state index in [-0.39, 0.29) is 0 Å². The highest BCUT2D eigenvalue weighted by Crippen LogP contribution is 2.23. The van der Waals surface area contributed by atoms with Crippen LogP contribution in [-0.2, 0) is 0 Å². The molecule has 0 aliphatic carbocycles. The molecule has 3 nitrogen and oxygen atoms in total. The number of thiazole rings is 1. The first kappa shape index (κ1) is 9.86. The van der Waals surface area contributed by atoms with Crippen LogP contribution in [0.25, 0.3) is 11.3 Å². The van der Waals surface area contributed by atoms with Crippen molar-refractivity contribution in [3.05, 3.63) is 42.6 Å². The van der Waals surface area contributed by atoms with Gasteiger partial charge in [0.25, 0.3) is 0 Å². The quantitative estimate of drug-likeness (QED) is 0.800. The van der Waals surface area contributed by atoms with Crippen molar-refractivity contribution in [3.63, 3.8) is 0 Å². The van der Waals surface area contributed by atoms with Gasteiger partial charge in [-0.15, -0.1) is 17.9 Å². The van der Waals surface area contributed by atoms with E-state index in [4.69, 9.17) is 0 Å². The molecule has 0 amide bonds. The number of hydrogen-bond donors (Lipinski definition) is 1. The fourth-order valence-corrected chi connectivity index (χ4v) is 1.89. The smallest absolute Gasteiger partial charge is 0.183 e. The Balaban J connectivity index is 2.17. The highest BCUT2D eigenvalue weighted by Gasteiger charge is 2.02. The zero-order valence-corrected chi connectivity index (χ0v) is 9.00. The van der Waals surface area contributed by atoms with Crippen molar-refractivity contribution in [3.8, 4) is 11.3 Å². The average molecular weight is 217 g/mol. The molecule has 0 saturated heterocycles. The molecule has 0 bridgehead atoms. The van der Waals surface area contributed by atoms with Crippen molar-refractivity contribution >= 4 is 16.5 Å². The van der Waals surface area contributed by atoms with Crippen LogP contribution >= 0.6 is 11.3 Å². The van der Waals surface area contributed by atoms with Gasteiger partial charge in [0.15, 0.2) is 5.13 Å². The number of nitrogens with one attached hydrogen (secondary N) is 1. The summed E-state index contributed by atoms with van der Waals surface area (Å²) in [6.07, 6.45) is 5.38. The van der Waals surface area contributed by atoms with Crippen LogP contribution in [-0.4, -0.2) is 16.5 Å². The predicted octanol–water partition coefficient (Wildman–Crippen LogP) is 2.80. The number of nitrogens with zero attached hydrogens (tertiary/aromatic N) is 2. The van der Waals surface area contributed by atoms with Gasteiger partial charge in [0.05, 0.1) is 5.69 Å². The van der Waals surface area contributed by atoms with E-state index in [1.165, 1.54) is 0 Å². The maximum Gasteiger partial charge on any atom is 0.183 e. The first-order valence-corrected chi connectivity index (χ1v) is 5.49. The molecule has 2 heterocycles. The van der Waals surface area contributed by atoms with Gasteiger partial charge in [-0.25, -0.2) is 4.98 Å². The lowest BCUT2D eigenvalue weighted by Gasteiger charge is -1.96. The third-order valence-electron chi connectivity index (χ3n) is 1.86. The van der Waals surface area contributed by atoms with Crippen molar-refractivity contribution in [1.82, 2.24) is 9.97 Å². The minimum Gasteiger partial charge on any atom is -0.358 e. The van der Waals surface area contributed by atoms with Crippen LogP contribution in [0.3, 0.4) is 0 Å². The molecule has 0 spiro atoms. The van der Waals surface area contributed by atoms with E-state index in [0.29, 0.717) is 0 Å². The van der Waals surface area contributed by atoms with Crippen LogP contribution in [0, 0.1) is 0 Å². The van der Waals surface area contributed by atoms with Gasteiger partial charge < -0.3 is 5.32 Å². The first-order valence-electron chi connectivity index (χ1n) is 4.61. The average Bonchev–Trinajstić information content (AvgIpc) is 2.76. The Labute approximate surface area is 92.5 Å². The molecular weight excluding hydrogens is 206 g/mol. The molecule has 15 heavy (non-hydrogen) atoms. The summed E-state index contributed by atoms with van der Waals surface area (Å²) in [6, 6.07) is 3.91. The van der Waals surface area contributed by atoms with Crippen molar-refractivity contribution in [2.45, 2.75) is 0 Å². The van der Waals surface area contributed by atoms with E-state index < -0.39 is 0 Å². The zero-order chi connectivity index (χ0) is 10.5. The zero-order valence-electron chi connectivity index (χ0n) is 8.18. The fraction of sp³-hybridized carbons (Fsp3) is 0.0909. The van der Waals surface area contributed by atoms with Crippen LogP contribution < -0.4 is 5.32 Å². The third-order valence-corrected chi connectivity index (χ3v) is 2.66. The maximum absolute atomic E-state index is 4.44. The number of pyridine rings is 1. The molecule has 0 atom stereocenters. The molecule has 2 aromatic rings. The number of hydrogen-bond acceptors (Lipinski definition) is 4. The van der Waals surface area contributed by atoms with Crippen molar-refractivity contribution < 1.29 is 0 Å². The molecule has 0 unspecified atom stereocenters. The summed E-state index contributed by atoms with van der Waals surface area (Å²) < 4.78 is 0. The standard InChI is InChI=1S/C11H11N3S/c1-2-5-13-11-14-10(8-15-11)9-4-3-6-12-7-9/h2-4,6-8H,1,5H2,(H,13,14). The predicted molar refractivity (Wildman–Crippen MR) is 64.0 cm³/mol. The summed E-state index contributed by atoms with van der Waals surface area (Å²) in [5.41, 5.74) is 2.00. The normalized spacial score (nSPS) is 9.87. The first-order chi connectivity index (χ1) is 7.40. The largest absolute Gasteiger partial charge is 0.358 e. The Bertz CT molecular complexity index is 436. The molecule has 0 aliphatic heterocycles. The molecule has 0 radical (unpaired) electrons. The molecule has 2 rings (SSSR count). The molecule has 0 aliphatic rings. The molecule has 0 fully saturated rings. The minimum absolute atomic E-state index is 0.736. The summed E-state index contributed by atoms with van der Waals surface area (Å²) in [7, 11) is 0. The Morgan fingerprint density at radius 2 is 2.47 bits per heavy atom. The Kier molecular flexibility index (Phi) is 3.09. The Morgan fingerprint density at radius 1 is 1.53 bits per heavy atom. The minimum atomic E-state index is 0.736. The lowest BCUT2D eigenvalue weighted by molar-refractivity contribution is 1.27. The van der Waals surface area contributed by atoms with E-state index in [2.05, 4.69) is 21.9 Å². The molecule has 1 N–H and O–H groups in total. The van der Waals surface area contributed by atoms with Crippen molar-refractivity contribution in [1.29, 1.82) is 0 Å². The molecular formula is C11H11N3S. The summed E-state index contributed by atoms with van der Waals surface area (Å²) in [5.74, 6) is 0. The molecule has 2 aromatic heterocycles. The van der Waals surface area contributed by atoms with Crippen LogP contribution in [0.4, 0.5) is 5.13 Å². The highest BCUT2D eigenvalue weighted by atomic mass is 32.1. The maximum atomic E-state index is 4.44. The third kappa shape index (κ3) is 2.41. The van der Waals surface area contributed by atoms with Gasteiger partial charge in [-0.05, 0) is 12.1 Å². The lowest BCUT2D eigenvalue weighted by Crippen LogP contribution is -1.96. The second-order valence-corrected chi connectivity index (χ2v) is 3.81. The number of aromatic nitrogens is 2. The van der Waals surface area contributed by atoms with E-state index in [1.807, 2.05) is 29.8 Å². The van der Waals surface area contributed by atoms with Gasteiger partial charge in [0, 0.05) is 29.9 Å². The van der Waals surface area contributed by atoms with Crippen LogP contribution in [0.15, 0.2) is 42.6 Å². The summed E-state index contributed by atoms with van der Waals surface area (Å²) >= 11 is 1.59. The van der Waals surface area contributed by atoms with E-state index >= 15 is 0 Å². The van der Waals surface area contributed by atoms with Gasteiger partial charge in [0.1, 0.15) is 0 Å². The number of rotatable bonds is 4. The highest BCUT2D eigenvalue weighted by molar-refractivity contribution is 7.14. The number of anilines is 1. The van der Waals surface area contributed by atoms with E-state index in [1.54, 1.807) is 17.5 Å². The summed E-state index contributed by atoms with van der Waals surface area (Å²) in [6.45, 7) is 4.38. The SMILES string of the molecule is C=CCNc1nc(-c2cccnc2)cs1. The molecule has 4 heteroatoms. The second-order valence-electron chi connectivity index (χ2n) is 2.95. The van der Waals surface area contributed by atoms with Crippen LogP contribution in [0.1, 0.15) is 0 Å². The van der Waals surface area contributed by atoms with Gasteiger partial charge >= 0.3 is 0 Å². The second kappa shape index (κ2) is 4.70. The van der Waals surface area contributed by atoms with E-state index in [0.717, 1.165) is 22.9 Å². The van der Waals surface area contributed by atoms with Gasteiger partial charge in [-0.3, -0.25) is 4.98 Å². The van der Waals surface area contributed by atoms with Gasteiger partial charge in [0.2, 0.25) is 0 Å². The lowest BCUT2D eigenvalue weighted by atomic mass is 10.2. The van der Waals surface area contributed by atoms with Gasteiger partial charge in [-0.1, -0.05) is 6.08 Å². The Hall–Kier alpha value is -1.68. The van der Waals surface area contributed by atoms with Crippen molar-refractivity contribution in [2.75, 3.05) is 11.9 Å². The molecule has 0 aromatic carbocycles. The molecule has 0 saturated carbocycles. The topological polar surface area (TPSA) is 37.8 Å². The summed E-state index contributed by atoms with van der Waals surface area (Å²) in [4.78, 5) is 8.50. The van der Waals surface area contributed by atoms with Crippen LogP contribution in [0.5, 0.6) is 0 Å². The summed E-state index contributed by atoms with van der Waals surface area (Å²) in [5, 5.41) is 6.08. The van der Waals surface area contributed by atoms with Crippen molar-refractivity contribution in [2.24, 2.45) is 0 Å². The van der Waals surface area contributed by atoms with Gasteiger partial charge in [-0.2, -0.15) is 0 Å². The molecule has 76 valence electrons.